The fourth-order valence-corrected chi connectivity index (χ4v) is 8.58. The number of ether oxygens (including phenoxy) is 2. The molecule has 0 saturated carbocycles. The summed E-state index contributed by atoms with van der Waals surface area (Å²) in [5.74, 6) is 0. The Bertz CT molecular complexity index is 662. The summed E-state index contributed by atoms with van der Waals surface area (Å²) in [4.78, 5) is 0. The summed E-state index contributed by atoms with van der Waals surface area (Å²) in [6, 6.07) is 13.8. The van der Waals surface area contributed by atoms with Crippen LogP contribution < -0.4 is 0 Å². The van der Waals surface area contributed by atoms with Crippen LogP contribution in [0.15, 0.2) is 30.3 Å². The molecule has 4 nitrogen and oxygen atoms in total. The van der Waals surface area contributed by atoms with Gasteiger partial charge in [-0.15, -0.1) is 0 Å². The molecule has 0 bridgehead atoms. The lowest BCUT2D eigenvalue weighted by Crippen LogP contribution is -2.53. The lowest BCUT2D eigenvalue weighted by atomic mass is 9.91. The SMILES string of the molecule is CC[Si](CC)(CC)O[C@](C)(CCCO[Si](C)(C)C(C)(C)C)[C@@H](CCOCc1ccccc1)OC. The monoisotopic (exact) mass is 510 g/mol. The van der Waals surface area contributed by atoms with E-state index < -0.39 is 16.6 Å². The molecule has 34 heavy (non-hydrogen) atoms. The van der Waals surface area contributed by atoms with Crippen molar-refractivity contribution < 1.29 is 18.3 Å². The second-order valence-electron chi connectivity index (χ2n) is 11.4. The molecule has 6 heteroatoms. The molecule has 1 aromatic carbocycles. The van der Waals surface area contributed by atoms with Gasteiger partial charge in [-0.25, -0.2) is 0 Å². The van der Waals surface area contributed by atoms with Crippen LogP contribution in [-0.2, 0) is 24.9 Å². The highest BCUT2D eigenvalue weighted by Crippen LogP contribution is 2.38. The van der Waals surface area contributed by atoms with Crippen molar-refractivity contribution in [3.63, 3.8) is 0 Å². The van der Waals surface area contributed by atoms with Crippen molar-refractivity contribution in [2.75, 3.05) is 20.3 Å². The van der Waals surface area contributed by atoms with Gasteiger partial charge in [-0.1, -0.05) is 71.9 Å². The Morgan fingerprint density at radius 2 is 1.47 bits per heavy atom. The van der Waals surface area contributed by atoms with E-state index in [1.54, 1.807) is 0 Å². The van der Waals surface area contributed by atoms with Gasteiger partial charge in [0, 0.05) is 20.3 Å². The number of rotatable bonds is 17. The first-order chi connectivity index (χ1) is 15.9. The summed E-state index contributed by atoms with van der Waals surface area (Å²) in [5, 5.41) is 0.229. The zero-order valence-corrected chi connectivity index (χ0v) is 26.0. The van der Waals surface area contributed by atoms with Crippen molar-refractivity contribution in [2.45, 2.75) is 122 Å². The second-order valence-corrected chi connectivity index (χ2v) is 20.9. The van der Waals surface area contributed by atoms with Crippen LogP contribution in [-0.4, -0.2) is 48.7 Å². The minimum Gasteiger partial charge on any atom is -0.417 e. The maximum absolute atomic E-state index is 7.16. The molecule has 0 radical (unpaired) electrons. The van der Waals surface area contributed by atoms with Gasteiger partial charge in [0.25, 0.3) is 0 Å². The average molecular weight is 511 g/mol. The van der Waals surface area contributed by atoms with Crippen LogP contribution in [0.4, 0.5) is 0 Å². The van der Waals surface area contributed by atoms with E-state index in [0.29, 0.717) is 13.2 Å². The molecule has 0 fully saturated rings. The number of methoxy groups -OCH3 is 1. The fraction of sp³-hybridized carbons (Fsp3) is 0.786. The van der Waals surface area contributed by atoms with Crippen LogP contribution in [0.2, 0.25) is 36.3 Å². The Kier molecular flexibility index (Phi) is 13.2. The number of hydrogen-bond donors (Lipinski definition) is 0. The molecule has 0 aromatic heterocycles. The standard InChI is InChI=1S/C28H54O4Si2/c1-11-34(12-2,13-3)32-28(7,21-17-22-31-33(9,10)27(4,5)6)26(29-8)20-23-30-24-25-18-15-14-16-19-25/h14-16,18-19,26H,11-13,17,20-24H2,1-10H3/t26-,28-/m1/s1. The van der Waals surface area contributed by atoms with Gasteiger partial charge in [-0.2, -0.15) is 0 Å². The zero-order chi connectivity index (χ0) is 25.9. The predicted molar refractivity (Wildman–Crippen MR) is 151 cm³/mol. The molecule has 0 aliphatic heterocycles. The van der Waals surface area contributed by atoms with Crippen molar-refractivity contribution in [1.29, 1.82) is 0 Å². The highest BCUT2D eigenvalue weighted by atomic mass is 28.4. The maximum Gasteiger partial charge on any atom is 0.192 e. The lowest BCUT2D eigenvalue weighted by molar-refractivity contribution is -0.0902. The third-order valence-corrected chi connectivity index (χ3v) is 17.4. The Labute approximate surface area is 213 Å². The van der Waals surface area contributed by atoms with E-state index in [1.807, 2.05) is 13.2 Å². The summed E-state index contributed by atoms with van der Waals surface area (Å²) >= 11 is 0. The van der Waals surface area contributed by atoms with E-state index in [-0.39, 0.29) is 16.7 Å². The molecule has 1 rings (SSSR count). The smallest absolute Gasteiger partial charge is 0.192 e. The molecular weight excluding hydrogens is 456 g/mol. The summed E-state index contributed by atoms with van der Waals surface area (Å²) in [6.45, 7) is 22.8. The third-order valence-electron chi connectivity index (χ3n) is 8.07. The van der Waals surface area contributed by atoms with Gasteiger partial charge in [0.2, 0.25) is 0 Å². The summed E-state index contributed by atoms with van der Waals surface area (Å²) in [5.41, 5.74) is 0.864. The largest absolute Gasteiger partial charge is 0.417 e. The number of benzene rings is 1. The van der Waals surface area contributed by atoms with E-state index in [4.69, 9.17) is 18.3 Å². The topological polar surface area (TPSA) is 36.9 Å². The first-order valence-electron chi connectivity index (χ1n) is 13.4. The van der Waals surface area contributed by atoms with Gasteiger partial charge in [-0.05, 0) is 68.0 Å². The zero-order valence-electron chi connectivity index (χ0n) is 24.0. The average Bonchev–Trinajstić information content (AvgIpc) is 2.80. The van der Waals surface area contributed by atoms with Crippen molar-refractivity contribution in [2.24, 2.45) is 0 Å². The molecule has 0 aliphatic carbocycles. The van der Waals surface area contributed by atoms with E-state index in [1.165, 1.54) is 5.56 Å². The fourth-order valence-electron chi connectivity index (χ4n) is 4.33. The molecule has 1 aromatic rings. The maximum atomic E-state index is 7.16. The normalized spacial score (nSPS) is 15.8. The van der Waals surface area contributed by atoms with Crippen LogP contribution in [0.5, 0.6) is 0 Å². The van der Waals surface area contributed by atoms with Gasteiger partial charge >= 0.3 is 0 Å². The predicted octanol–water partition coefficient (Wildman–Crippen LogP) is 8.19. The lowest BCUT2D eigenvalue weighted by Gasteiger charge is -2.45. The molecule has 0 N–H and O–H groups in total. The first kappa shape index (κ1) is 31.5. The van der Waals surface area contributed by atoms with E-state index in [0.717, 1.165) is 44.0 Å². The Hall–Kier alpha value is -0.506. The molecular formula is C28H54O4Si2. The van der Waals surface area contributed by atoms with Gasteiger partial charge in [-0.3, -0.25) is 0 Å². The summed E-state index contributed by atoms with van der Waals surface area (Å²) in [6.07, 6.45) is 2.74. The highest BCUT2D eigenvalue weighted by molar-refractivity contribution is 6.74. The summed E-state index contributed by atoms with van der Waals surface area (Å²) in [7, 11) is -1.74. The van der Waals surface area contributed by atoms with Crippen molar-refractivity contribution in [1.82, 2.24) is 0 Å². The Balaban J connectivity index is 2.86. The molecule has 0 aliphatic rings. The minimum atomic E-state index is -1.81. The summed E-state index contributed by atoms with van der Waals surface area (Å²) < 4.78 is 25.7. The Morgan fingerprint density at radius 3 is 1.97 bits per heavy atom. The highest BCUT2D eigenvalue weighted by Gasteiger charge is 2.43. The molecule has 0 saturated heterocycles. The van der Waals surface area contributed by atoms with Crippen molar-refractivity contribution in [3.8, 4) is 0 Å². The van der Waals surface area contributed by atoms with Crippen LogP contribution >= 0.6 is 0 Å². The van der Waals surface area contributed by atoms with Gasteiger partial charge in [0.15, 0.2) is 16.6 Å². The first-order valence-corrected chi connectivity index (χ1v) is 18.8. The van der Waals surface area contributed by atoms with Crippen molar-refractivity contribution in [3.05, 3.63) is 35.9 Å². The number of hydrogen-bond acceptors (Lipinski definition) is 4. The van der Waals surface area contributed by atoms with Crippen LogP contribution in [0.25, 0.3) is 0 Å². The minimum absolute atomic E-state index is 0.00679. The molecule has 2 atom stereocenters. The quantitative estimate of drug-likeness (QED) is 0.156. The van der Waals surface area contributed by atoms with Crippen LogP contribution in [0.3, 0.4) is 0 Å². The molecule has 0 unspecified atom stereocenters. The molecule has 198 valence electrons. The third kappa shape index (κ3) is 9.51. The van der Waals surface area contributed by atoms with E-state index in [2.05, 4.69) is 85.8 Å². The second kappa shape index (κ2) is 14.3. The van der Waals surface area contributed by atoms with Crippen molar-refractivity contribution >= 4 is 16.6 Å². The molecule has 0 spiro atoms. The van der Waals surface area contributed by atoms with E-state index >= 15 is 0 Å². The van der Waals surface area contributed by atoms with Crippen LogP contribution in [0.1, 0.15) is 73.3 Å². The van der Waals surface area contributed by atoms with Gasteiger partial charge < -0.3 is 18.3 Å². The molecule has 0 amide bonds. The van der Waals surface area contributed by atoms with Crippen LogP contribution in [0, 0.1) is 0 Å². The Morgan fingerprint density at radius 1 is 0.882 bits per heavy atom. The van der Waals surface area contributed by atoms with E-state index in [9.17, 15) is 0 Å². The molecule has 0 heterocycles. The van der Waals surface area contributed by atoms with Gasteiger partial charge in [0.1, 0.15) is 0 Å². The van der Waals surface area contributed by atoms with Gasteiger partial charge in [0.05, 0.1) is 18.3 Å².